The highest BCUT2D eigenvalue weighted by molar-refractivity contribution is 5.18. The minimum absolute atomic E-state index is 0.136. The first-order valence-corrected chi connectivity index (χ1v) is 7.34. The molecule has 4 heterocycles. The van der Waals surface area contributed by atoms with E-state index in [0.29, 0.717) is 17.9 Å². The van der Waals surface area contributed by atoms with Crippen LogP contribution in [0.5, 0.6) is 0 Å². The summed E-state index contributed by atoms with van der Waals surface area (Å²) in [4.78, 5) is 14.6. The first-order valence-electron chi connectivity index (χ1n) is 7.34. The van der Waals surface area contributed by atoms with Gasteiger partial charge in [-0.2, -0.15) is 0 Å². The summed E-state index contributed by atoms with van der Waals surface area (Å²) in [6.07, 6.45) is 2.81. The van der Waals surface area contributed by atoms with Gasteiger partial charge in [0.25, 0.3) is 5.56 Å². The van der Waals surface area contributed by atoms with E-state index in [1.54, 1.807) is 6.07 Å². The molecule has 2 saturated heterocycles. The van der Waals surface area contributed by atoms with Crippen LogP contribution in [-0.2, 0) is 6.54 Å². The van der Waals surface area contributed by atoms with Crippen LogP contribution in [0.3, 0.4) is 0 Å². The van der Waals surface area contributed by atoms with Crippen LogP contribution in [0.1, 0.15) is 30.9 Å². The van der Waals surface area contributed by atoms with Gasteiger partial charge in [0.15, 0.2) is 0 Å². The molecule has 1 N–H and O–H groups in total. The molecule has 4 unspecified atom stereocenters. The van der Waals surface area contributed by atoms with Crippen molar-refractivity contribution < 1.29 is 5.11 Å². The molecule has 4 nitrogen and oxygen atoms in total. The van der Waals surface area contributed by atoms with E-state index in [2.05, 4.69) is 11.0 Å². The molecular weight excluding hydrogens is 240 g/mol. The lowest BCUT2D eigenvalue weighted by atomic mass is 9.75. The Bertz CT molecular complexity index is 553. The van der Waals surface area contributed by atoms with Crippen molar-refractivity contribution >= 4 is 0 Å². The van der Waals surface area contributed by atoms with Crippen molar-refractivity contribution in [1.29, 1.82) is 0 Å². The van der Waals surface area contributed by atoms with Gasteiger partial charge < -0.3 is 9.67 Å². The van der Waals surface area contributed by atoms with E-state index < -0.39 is 0 Å². The maximum Gasteiger partial charge on any atom is 0.250 e. The second-order valence-electron chi connectivity index (χ2n) is 6.33. The Hall–Kier alpha value is -1.13. The van der Waals surface area contributed by atoms with Gasteiger partial charge in [0.1, 0.15) is 0 Å². The molecule has 0 amide bonds. The number of fused-ring (bicyclic) bond motifs is 6. The van der Waals surface area contributed by atoms with Crippen LogP contribution in [0, 0.1) is 5.92 Å². The van der Waals surface area contributed by atoms with Crippen LogP contribution in [0.15, 0.2) is 23.0 Å². The molecule has 0 aromatic carbocycles. The summed E-state index contributed by atoms with van der Waals surface area (Å²) in [5, 5.41) is 9.90. The normalized spacial score (nSPS) is 37.5. The molecule has 1 aromatic heterocycles. The van der Waals surface area contributed by atoms with Gasteiger partial charge in [-0.3, -0.25) is 9.69 Å². The Morgan fingerprint density at radius 3 is 3.00 bits per heavy atom. The molecule has 4 rings (SSSR count). The number of pyridine rings is 1. The molecule has 0 aliphatic carbocycles. The second-order valence-corrected chi connectivity index (χ2v) is 6.33. The Balaban J connectivity index is 1.73. The zero-order valence-corrected chi connectivity index (χ0v) is 11.0. The average molecular weight is 260 g/mol. The molecule has 4 heteroatoms. The van der Waals surface area contributed by atoms with E-state index in [9.17, 15) is 9.90 Å². The molecular formula is C15H20N2O2. The van der Waals surface area contributed by atoms with E-state index in [1.165, 1.54) is 12.1 Å². The number of rotatable bonds is 0. The molecule has 3 aliphatic rings. The maximum atomic E-state index is 12.0. The number of hydrogen-bond acceptors (Lipinski definition) is 3. The fourth-order valence-electron chi connectivity index (χ4n) is 4.36. The summed E-state index contributed by atoms with van der Waals surface area (Å²) in [5.74, 6) is 1.03. The van der Waals surface area contributed by atoms with E-state index in [-0.39, 0.29) is 11.7 Å². The van der Waals surface area contributed by atoms with E-state index in [0.717, 1.165) is 32.5 Å². The standard InChI is InChI=1S/C15H20N2O2/c18-12-4-5-16-8-10-6-11(14(16)7-12)9-17-13(10)2-1-3-15(17)19/h1-3,10-12,14,18H,4-9H2. The highest BCUT2D eigenvalue weighted by Crippen LogP contribution is 2.41. The lowest BCUT2D eigenvalue weighted by molar-refractivity contribution is -0.0247. The minimum atomic E-state index is -0.147. The van der Waals surface area contributed by atoms with Gasteiger partial charge in [0.2, 0.25) is 0 Å². The molecule has 2 fully saturated rings. The summed E-state index contributed by atoms with van der Waals surface area (Å²) in [7, 11) is 0. The van der Waals surface area contributed by atoms with Crippen molar-refractivity contribution in [2.45, 2.75) is 43.9 Å². The van der Waals surface area contributed by atoms with Crippen molar-refractivity contribution in [3.8, 4) is 0 Å². The summed E-state index contributed by atoms with van der Waals surface area (Å²) in [6, 6.07) is 6.14. The largest absolute Gasteiger partial charge is 0.393 e. The van der Waals surface area contributed by atoms with Crippen LogP contribution in [0.4, 0.5) is 0 Å². The molecule has 102 valence electrons. The SMILES string of the molecule is O=c1cccc2n1CC1CC2CN2CCC(O)CC12. The third kappa shape index (κ3) is 1.77. The van der Waals surface area contributed by atoms with Gasteiger partial charge in [-0.05, 0) is 31.2 Å². The number of nitrogens with zero attached hydrogens (tertiary/aromatic N) is 2. The molecule has 0 saturated carbocycles. The van der Waals surface area contributed by atoms with Gasteiger partial charge in [-0.15, -0.1) is 0 Å². The molecule has 0 radical (unpaired) electrons. The fraction of sp³-hybridized carbons (Fsp3) is 0.667. The van der Waals surface area contributed by atoms with Crippen molar-refractivity contribution in [3.63, 3.8) is 0 Å². The summed E-state index contributed by atoms with van der Waals surface area (Å²) >= 11 is 0. The maximum absolute atomic E-state index is 12.0. The molecule has 2 bridgehead atoms. The third-order valence-electron chi connectivity index (χ3n) is 5.24. The number of aliphatic hydroxyl groups excluding tert-OH is 1. The third-order valence-corrected chi connectivity index (χ3v) is 5.24. The lowest BCUT2D eigenvalue weighted by Crippen LogP contribution is -2.56. The molecule has 4 atom stereocenters. The van der Waals surface area contributed by atoms with Crippen molar-refractivity contribution in [2.75, 3.05) is 13.1 Å². The van der Waals surface area contributed by atoms with Crippen molar-refractivity contribution in [3.05, 3.63) is 34.2 Å². The zero-order chi connectivity index (χ0) is 13.0. The summed E-state index contributed by atoms with van der Waals surface area (Å²) < 4.78 is 1.97. The Morgan fingerprint density at radius 1 is 1.21 bits per heavy atom. The number of aliphatic hydroxyl groups is 1. The molecule has 3 aliphatic heterocycles. The minimum Gasteiger partial charge on any atom is -0.393 e. The van der Waals surface area contributed by atoms with Crippen molar-refractivity contribution in [2.24, 2.45) is 5.92 Å². The highest BCUT2D eigenvalue weighted by Gasteiger charge is 2.43. The number of aromatic nitrogens is 1. The van der Waals surface area contributed by atoms with Crippen LogP contribution < -0.4 is 5.56 Å². The Labute approximate surface area is 112 Å². The Kier molecular flexibility index (Phi) is 2.57. The van der Waals surface area contributed by atoms with E-state index >= 15 is 0 Å². The van der Waals surface area contributed by atoms with Crippen molar-refractivity contribution in [1.82, 2.24) is 9.47 Å². The topological polar surface area (TPSA) is 45.5 Å². The van der Waals surface area contributed by atoms with Gasteiger partial charge in [-0.25, -0.2) is 0 Å². The van der Waals surface area contributed by atoms with Gasteiger partial charge in [0, 0.05) is 43.4 Å². The smallest absolute Gasteiger partial charge is 0.250 e. The summed E-state index contributed by atoms with van der Waals surface area (Å²) in [5.41, 5.74) is 1.35. The first-order chi connectivity index (χ1) is 9.22. The monoisotopic (exact) mass is 260 g/mol. The molecule has 1 aromatic rings. The van der Waals surface area contributed by atoms with Gasteiger partial charge >= 0.3 is 0 Å². The fourth-order valence-corrected chi connectivity index (χ4v) is 4.36. The number of hydrogen-bond donors (Lipinski definition) is 1. The predicted molar refractivity (Wildman–Crippen MR) is 72.2 cm³/mol. The molecule has 0 spiro atoms. The average Bonchev–Trinajstić information content (AvgIpc) is 2.41. The highest BCUT2D eigenvalue weighted by atomic mass is 16.3. The van der Waals surface area contributed by atoms with Crippen LogP contribution in [-0.4, -0.2) is 39.8 Å². The van der Waals surface area contributed by atoms with Crippen LogP contribution >= 0.6 is 0 Å². The van der Waals surface area contributed by atoms with E-state index in [1.807, 2.05) is 10.6 Å². The Morgan fingerprint density at radius 2 is 2.11 bits per heavy atom. The zero-order valence-electron chi connectivity index (χ0n) is 11.0. The van der Waals surface area contributed by atoms with Gasteiger partial charge in [0.05, 0.1) is 6.10 Å². The first kappa shape index (κ1) is 11.7. The number of piperidine rings is 2. The lowest BCUT2D eigenvalue weighted by Gasteiger charge is -2.51. The molecule has 19 heavy (non-hydrogen) atoms. The second kappa shape index (κ2) is 4.18. The van der Waals surface area contributed by atoms with Crippen LogP contribution in [0.2, 0.25) is 0 Å². The summed E-state index contributed by atoms with van der Waals surface area (Å²) in [6.45, 7) is 2.90. The van der Waals surface area contributed by atoms with Crippen LogP contribution in [0.25, 0.3) is 0 Å². The van der Waals surface area contributed by atoms with Gasteiger partial charge in [-0.1, -0.05) is 6.07 Å². The van der Waals surface area contributed by atoms with E-state index in [4.69, 9.17) is 0 Å². The predicted octanol–water partition coefficient (Wildman–Crippen LogP) is 0.791. The quantitative estimate of drug-likeness (QED) is 0.750.